The van der Waals surface area contributed by atoms with Crippen molar-refractivity contribution < 1.29 is 29.0 Å². The molecule has 4 aliphatic rings. The van der Waals surface area contributed by atoms with Gasteiger partial charge in [-0.1, -0.05) is 39.7 Å². The van der Waals surface area contributed by atoms with Gasteiger partial charge in [-0.25, -0.2) is 0 Å². The minimum atomic E-state index is -1.90. The van der Waals surface area contributed by atoms with Gasteiger partial charge in [0.05, 0.1) is 30.9 Å². The predicted octanol–water partition coefficient (Wildman–Crippen LogP) is 4.37. The molecule has 3 fully saturated rings. The highest BCUT2D eigenvalue weighted by molar-refractivity contribution is 9.09. The van der Waals surface area contributed by atoms with Gasteiger partial charge in [-0.3, -0.25) is 29.0 Å². The number of ether oxygens (including phenoxy) is 1. The smallest absolute Gasteiger partial charge is 0.254 e. The van der Waals surface area contributed by atoms with Crippen molar-refractivity contribution in [2.75, 3.05) is 12.6 Å². The van der Waals surface area contributed by atoms with Crippen LogP contribution in [0.5, 0.6) is 11.5 Å². The second kappa shape index (κ2) is 9.33. The largest absolute Gasteiger partial charge is 0.504 e. The lowest BCUT2D eigenvalue weighted by Crippen LogP contribution is -2.60. The SMILES string of the molecule is COc1cc([C@H]2C3=CC[C@@H]4C(=O)N(Cc5cccs5)C(=O)[C@@H]4[C@@H]3C[C@@]3(Cl)C(=O)N(CBr)C(=O)[C@@]23Cl)ccc1O. The highest BCUT2D eigenvalue weighted by atomic mass is 79.9. The Morgan fingerprint density at radius 3 is 2.54 bits per heavy atom. The van der Waals surface area contributed by atoms with Crippen LogP contribution in [0.15, 0.2) is 47.4 Å². The first-order valence-corrected chi connectivity index (χ1v) is 15.1. The number of halogens is 3. The number of amides is 4. The number of alkyl halides is 3. The van der Waals surface area contributed by atoms with Crippen molar-refractivity contribution in [3.8, 4) is 11.5 Å². The van der Waals surface area contributed by atoms with Gasteiger partial charge in [0.2, 0.25) is 11.8 Å². The van der Waals surface area contributed by atoms with Gasteiger partial charge in [-0.15, -0.1) is 34.5 Å². The number of carbonyl (C=O) groups excluding carboxylic acids is 4. The van der Waals surface area contributed by atoms with E-state index >= 15 is 0 Å². The number of benzene rings is 1. The molecule has 6 rings (SSSR count). The number of phenolic OH excluding ortho intramolecular Hbond substituents is 1. The molecule has 1 saturated carbocycles. The van der Waals surface area contributed by atoms with E-state index in [4.69, 9.17) is 27.9 Å². The van der Waals surface area contributed by atoms with E-state index in [1.54, 1.807) is 12.1 Å². The maximum absolute atomic E-state index is 13.8. The summed E-state index contributed by atoms with van der Waals surface area (Å²) < 4.78 is 5.32. The number of hydrogen-bond acceptors (Lipinski definition) is 7. The number of methoxy groups -OCH3 is 1. The minimum absolute atomic E-state index is 0.0727. The molecule has 1 aromatic carbocycles. The molecule has 0 bridgehead atoms. The molecule has 6 atom stereocenters. The molecule has 1 N–H and O–H groups in total. The van der Waals surface area contributed by atoms with Crippen LogP contribution in [0.2, 0.25) is 0 Å². The van der Waals surface area contributed by atoms with Crippen LogP contribution in [0.25, 0.3) is 0 Å². The highest BCUT2D eigenvalue weighted by Crippen LogP contribution is 2.65. The van der Waals surface area contributed by atoms with Gasteiger partial charge in [0.15, 0.2) is 21.2 Å². The van der Waals surface area contributed by atoms with Crippen molar-refractivity contribution >= 4 is 74.1 Å². The molecule has 0 radical (unpaired) electrons. The number of allylic oxidation sites excluding steroid dienone is 2. The standard InChI is InChI=1S/C27H23BrCl2N2O6S/c1-38-19-9-13(4-7-18(19)33)21-15-5-6-16-20(23(35)31(22(16)34)11-14-3-2-8-39-14)17(15)10-26(29)24(36)32(12-28)25(37)27(21,26)30/h2-5,7-9,16-17,20-21,33H,6,10-12H2,1H3/t16-,17+,20-,21-,26+,27-/m0/s1. The summed E-state index contributed by atoms with van der Waals surface area (Å²) in [7, 11) is 1.40. The maximum Gasteiger partial charge on any atom is 0.254 e. The zero-order valence-electron chi connectivity index (χ0n) is 20.6. The quantitative estimate of drug-likeness (QED) is 0.222. The Bertz CT molecular complexity index is 1450. The highest BCUT2D eigenvalue weighted by Gasteiger charge is 2.76. The number of phenols is 1. The Labute approximate surface area is 246 Å². The molecular formula is C27H23BrCl2N2O6S. The molecule has 2 saturated heterocycles. The summed E-state index contributed by atoms with van der Waals surface area (Å²) in [5, 5.41) is 12.1. The average molecular weight is 654 g/mol. The monoisotopic (exact) mass is 652 g/mol. The first-order valence-electron chi connectivity index (χ1n) is 12.3. The van der Waals surface area contributed by atoms with Crippen molar-refractivity contribution in [2.24, 2.45) is 17.8 Å². The molecule has 3 heterocycles. The number of nitrogens with zero attached hydrogens (tertiary/aromatic N) is 2. The van der Waals surface area contributed by atoms with E-state index in [0.29, 0.717) is 17.6 Å². The van der Waals surface area contributed by atoms with E-state index in [1.807, 2.05) is 23.6 Å². The van der Waals surface area contributed by atoms with Gasteiger partial charge in [-0.05, 0) is 47.9 Å². The number of likely N-dealkylation sites (tertiary alicyclic amines) is 2. The zero-order valence-corrected chi connectivity index (χ0v) is 24.5. The van der Waals surface area contributed by atoms with Crippen molar-refractivity contribution in [1.82, 2.24) is 9.80 Å². The number of fused-ring (bicyclic) bond motifs is 4. The summed E-state index contributed by atoms with van der Waals surface area (Å²) in [6.07, 6.45) is 2.10. The van der Waals surface area contributed by atoms with Crippen LogP contribution in [-0.4, -0.2) is 60.8 Å². The van der Waals surface area contributed by atoms with Crippen molar-refractivity contribution in [2.45, 2.75) is 35.1 Å². The first-order chi connectivity index (χ1) is 18.6. The van der Waals surface area contributed by atoms with Gasteiger partial charge in [0.25, 0.3) is 11.8 Å². The topological polar surface area (TPSA) is 104 Å². The van der Waals surface area contributed by atoms with Crippen molar-refractivity contribution in [3.63, 3.8) is 0 Å². The first kappa shape index (κ1) is 26.8. The molecule has 0 unspecified atom stereocenters. The molecule has 0 spiro atoms. The van der Waals surface area contributed by atoms with E-state index in [2.05, 4.69) is 15.9 Å². The maximum atomic E-state index is 13.8. The Kier molecular flexibility index (Phi) is 6.41. The number of hydrogen-bond donors (Lipinski definition) is 1. The lowest BCUT2D eigenvalue weighted by atomic mass is 9.56. The number of carbonyl (C=O) groups is 4. The fraction of sp³-hybridized carbons (Fsp3) is 0.407. The zero-order chi connectivity index (χ0) is 27.9. The Morgan fingerprint density at radius 1 is 1.10 bits per heavy atom. The Hall–Kier alpha value is -2.40. The summed E-state index contributed by atoms with van der Waals surface area (Å²) in [4.78, 5) is 54.1. The summed E-state index contributed by atoms with van der Waals surface area (Å²) in [5.74, 6) is -4.66. The van der Waals surface area contributed by atoms with Crippen LogP contribution >= 0.6 is 50.5 Å². The summed E-state index contributed by atoms with van der Waals surface area (Å²) in [6, 6.07) is 8.34. The molecule has 2 aromatic rings. The van der Waals surface area contributed by atoms with E-state index in [9.17, 15) is 24.3 Å². The number of aromatic hydroxyl groups is 1. The second-order valence-corrected chi connectivity index (χ2v) is 13.0. The molecule has 1 aromatic heterocycles. The molecule has 204 valence electrons. The van der Waals surface area contributed by atoms with Crippen LogP contribution in [-0.2, 0) is 25.7 Å². The lowest BCUT2D eigenvalue weighted by molar-refractivity contribution is -0.141. The molecule has 39 heavy (non-hydrogen) atoms. The lowest BCUT2D eigenvalue weighted by Gasteiger charge is -2.50. The van der Waals surface area contributed by atoms with Gasteiger partial charge >= 0.3 is 0 Å². The fourth-order valence-corrected chi connectivity index (χ4v) is 8.90. The number of imide groups is 2. The third-order valence-corrected chi connectivity index (χ3v) is 11.3. The van der Waals surface area contributed by atoms with Gasteiger partial charge in [-0.2, -0.15) is 0 Å². The summed E-state index contributed by atoms with van der Waals surface area (Å²) in [6.45, 7) is 0.184. The van der Waals surface area contributed by atoms with Gasteiger partial charge in [0, 0.05) is 10.8 Å². The normalized spacial score (nSPS) is 33.7. The number of thiophene rings is 1. The van der Waals surface area contributed by atoms with Gasteiger partial charge < -0.3 is 9.84 Å². The second-order valence-electron chi connectivity index (χ2n) is 10.3. The third kappa shape index (κ3) is 3.54. The molecule has 12 heteroatoms. The molecule has 2 aliphatic carbocycles. The van der Waals surface area contributed by atoms with Crippen LogP contribution in [0.4, 0.5) is 0 Å². The molecular weight excluding hydrogens is 631 g/mol. The van der Waals surface area contributed by atoms with Crippen LogP contribution < -0.4 is 4.74 Å². The minimum Gasteiger partial charge on any atom is -0.504 e. The van der Waals surface area contributed by atoms with Crippen molar-refractivity contribution in [1.29, 1.82) is 0 Å². The number of rotatable bonds is 5. The fourth-order valence-electron chi connectivity index (χ4n) is 6.78. The Morgan fingerprint density at radius 2 is 1.87 bits per heavy atom. The van der Waals surface area contributed by atoms with Crippen molar-refractivity contribution in [3.05, 3.63) is 57.8 Å². The molecule has 8 nitrogen and oxygen atoms in total. The summed E-state index contributed by atoms with van der Waals surface area (Å²) >= 11 is 19.1. The summed E-state index contributed by atoms with van der Waals surface area (Å²) in [5.41, 5.74) is 1.09. The van der Waals surface area contributed by atoms with Crippen LogP contribution in [0.1, 0.15) is 29.2 Å². The van der Waals surface area contributed by atoms with E-state index in [-0.39, 0.29) is 41.7 Å². The van der Waals surface area contributed by atoms with E-state index in [0.717, 1.165) is 9.78 Å². The Balaban J connectivity index is 1.50. The van der Waals surface area contributed by atoms with Crippen LogP contribution in [0.3, 0.4) is 0 Å². The third-order valence-electron chi connectivity index (χ3n) is 8.54. The van der Waals surface area contributed by atoms with Crippen LogP contribution in [0, 0.1) is 17.8 Å². The molecule has 2 aliphatic heterocycles. The molecule has 4 amide bonds. The van der Waals surface area contributed by atoms with E-state index in [1.165, 1.54) is 29.4 Å². The van der Waals surface area contributed by atoms with Gasteiger partial charge in [0.1, 0.15) is 0 Å². The van der Waals surface area contributed by atoms with E-state index < -0.39 is 45.2 Å². The predicted molar refractivity (Wildman–Crippen MR) is 148 cm³/mol. The average Bonchev–Trinajstić information content (AvgIpc) is 3.56.